The Kier molecular flexibility index (Phi) is 4.55. The van der Waals surface area contributed by atoms with E-state index in [4.69, 9.17) is 9.47 Å². The second kappa shape index (κ2) is 7.16. The molecular formula is C19H16N4O3S. The van der Waals surface area contributed by atoms with E-state index in [1.54, 1.807) is 31.6 Å². The second-order valence-electron chi connectivity index (χ2n) is 5.63. The number of pyridine rings is 1. The zero-order chi connectivity index (χ0) is 18.8. The fourth-order valence-electron chi connectivity index (χ4n) is 2.65. The van der Waals surface area contributed by atoms with Crippen molar-refractivity contribution in [2.75, 3.05) is 13.7 Å². The molecule has 4 rings (SSSR count). The maximum atomic E-state index is 12.7. The van der Waals surface area contributed by atoms with E-state index in [1.165, 1.54) is 15.9 Å². The summed E-state index contributed by atoms with van der Waals surface area (Å²) in [7, 11) is 1.59. The number of aromatic nitrogens is 4. The number of hydrogen-bond acceptors (Lipinski definition) is 7. The van der Waals surface area contributed by atoms with Gasteiger partial charge in [0.05, 0.1) is 18.2 Å². The molecule has 136 valence electrons. The average Bonchev–Trinajstić information content (AvgIpc) is 3.24. The lowest BCUT2D eigenvalue weighted by Gasteiger charge is -2.09. The highest BCUT2D eigenvalue weighted by atomic mass is 32.1. The van der Waals surface area contributed by atoms with Crippen LogP contribution in [0.1, 0.15) is 12.5 Å². The van der Waals surface area contributed by atoms with Gasteiger partial charge in [-0.05, 0) is 42.8 Å². The molecule has 0 aliphatic heterocycles. The van der Waals surface area contributed by atoms with Crippen LogP contribution in [0.5, 0.6) is 11.5 Å². The molecule has 0 atom stereocenters. The molecule has 27 heavy (non-hydrogen) atoms. The number of ether oxygens (including phenoxy) is 2. The molecule has 0 fully saturated rings. The molecule has 0 amide bonds. The summed E-state index contributed by atoms with van der Waals surface area (Å²) in [6.07, 6.45) is 5.15. The summed E-state index contributed by atoms with van der Waals surface area (Å²) >= 11 is 1.29. The van der Waals surface area contributed by atoms with Crippen molar-refractivity contribution in [1.29, 1.82) is 0 Å². The minimum atomic E-state index is -0.203. The van der Waals surface area contributed by atoms with Crippen molar-refractivity contribution in [1.82, 2.24) is 19.6 Å². The summed E-state index contributed by atoms with van der Waals surface area (Å²) in [5.41, 5.74) is 1.41. The number of fused-ring (bicyclic) bond motifs is 1. The zero-order valence-corrected chi connectivity index (χ0v) is 15.6. The molecule has 0 aliphatic carbocycles. The van der Waals surface area contributed by atoms with Gasteiger partial charge in [0.2, 0.25) is 4.96 Å². The van der Waals surface area contributed by atoms with Gasteiger partial charge >= 0.3 is 0 Å². The van der Waals surface area contributed by atoms with Gasteiger partial charge in [0.15, 0.2) is 17.3 Å². The van der Waals surface area contributed by atoms with Crippen LogP contribution < -0.4 is 19.6 Å². The lowest BCUT2D eigenvalue weighted by atomic mass is 10.2. The van der Waals surface area contributed by atoms with Crippen LogP contribution in [-0.2, 0) is 0 Å². The van der Waals surface area contributed by atoms with Gasteiger partial charge in [-0.2, -0.15) is 9.50 Å². The van der Waals surface area contributed by atoms with E-state index >= 15 is 0 Å². The van der Waals surface area contributed by atoms with Crippen LogP contribution >= 0.6 is 11.3 Å². The Morgan fingerprint density at radius 3 is 2.85 bits per heavy atom. The van der Waals surface area contributed by atoms with Crippen LogP contribution in [0, 0.1) is 0 Å². The van der Waals surface area contributed by atoms with E-state index in [9.17, 15) is 4.79 Å². The summed E-state index contributed by atoms with van der Waals surface area (Å²) < 4.78 is 12.8. The van der Waals surface area contributed by atoms with Crippen LogP contribution in [-0.4, -0.2) is 33.3 Å². The smallest absolute Gasteiger partial charge is 0.291 e. The largest absolute Gasteiger partial charge is 0.493 e. The number of thiazole rings is 1. The molecule has 1 aromatic carbocycles. The molecule has 0 radical (unpaired) electrons. The van der Waals surface area contributed by atoms with E-state index in [0.717, 1.165) is 11.1 Å². The Bertz CT molecular complexity index is 1200. The molecule has 7 nitrogen and oxygen atoms in total. The minimum absolute atomic E-state index is 0.203. The summed E-state index contributed by atoms with van der Waals surface area (Å²) in [6.45, 7) is 2.47. The van der Waals surface area contributed by atoms with Gasteiger partial charge in [0.25, 0.3) is 5.56 Å². The van der Waals surface area contributed by atoms with E-state index in [-0.39, 0.29) is 5.56 Å². The first-order valence-corrected chi connectivity index (χ1v) is 9.13. The molecule has 0 spiro atoms. The maximum absolute atomic E-state index is 12.7. The Hall–Kier alpha value is -3.26. The first-order chi connectivity index (χ1) is 13.2. The van der Waals surface area contributed by atoms with Crippen LogP contribution in [0.2, 0.25) is 0 Å². The standard InChI is InChI=1S/C19H16N4O3S/c1-3-26-14-7-6-12(9-15(14)25-2)10-16-18(24)23-19(27-16)21-17(22-23)13-5-4-8-20-11-13/h4-11H,3H2,1-2H3. The van der Waals surface area contributed by atoms with E-state index in [2.05, 4.69) is 15.1 Å². The van der Waals surface area contributed by atoms with Gasteiger partial charge < -0.3 is 9.47 Å². The Balaban J connectivity index is 1.75. The van der Waals surface area contributed by atoms with Crippen molar-refractivity contribution in [2.24, 2.45) is 0 Å². The average molecular weight is 380 g/mol. The van der Waals surface area contributed by atoms with Gasteiger partial charge in [-0.25, -0.2) is 0 Å². The van der Waals surface area contributed by atoms with E-state index in [1.807, 2.05) is 31.2 Å². The highest BCUT2D eigenvalue weighted by Crippen LogP contribution is 2.28. The molecule has 0 unspecified atom stereocenters. The third kappa shape index (κ3) is 3.26. The number of methoxy groups -OCH3 is 1. The molecular weight excluding hydrogens is 364 g/mol. The van der Waals surface area contributed by atoms with Crippen molar-refractivity contribution >= 4 is 22.4 Å². The SMILES string of the molecule is CCOc1ccc(C=c2sc3nc(-c4cccnc4)nn3c2=O)cc1OC. The summed E-state index contributed by atoms with van der Waals surface area (Å²) in [4.78, 5) is 21.7. The third-order valence-corrected chi connectivity index (χ3v) is 4.85. The molecule has 3 heterocycles. The first-order valence-electron chi connectivity index (χ1n) is 8.32. The molecule has 0 saturated heterocycles. The van der Waals surface area contributed by atoms with Gasteiger partial charge in [0, 0.05) is 18.0 Å². The van der Waals surface area contributed by atoms with Crippen molar-refractivity contribution in [3.63, 3.8) is 0 Å². The second-order valence-corrected chi connectivity index (χ2v) is 6.64. The van der Waals surface area contributed by atoms with Crippen LogP contribution in [0.4, 0.5) is 0 Å². The molecule has 4 aromatic rings. The maximum Gasteiger partial charge on any atom is 0.291 e. The lowest BCUT2D eigenvalue weighted by molar-refractivity contribution is 0.311. The Morgan fingerprint density at radius 1 is 1.26 bits per heavy atom. The quantitative estimate of drug-likeness (QED) is 0.528. The number of nitrogens with zero attached hydrogens (tertiary/aromatic N) is 4. The van der Waals surface area contributed by atoms with Crippen LogP contribution in [0.3, 0.4) is 0 Å². The summed E-state index contributed by atoms with van der Waals surface area (Å²) in [6, 6.07) is 9.21. The van der Waals surface area contributed by atoms with E-state index in [0.29, 0.717) is 33.4 Å². The zero-order valence-electron chi connectivity index (χ0n) is 14.7. The molecule has 0 N–H and O–H groups in total. The first kappa shape index (κ1) is 17.2. The monoisotopic (exact) mass is 380 g/mol. The molecule has 0 bridgehead atoms. The molecule has 0 aliphatic rings. The van der Waals surface area contributed by atoms with Crippen molar-refractivity contribution < 1.29 is 9.47 Å². The topological polar surface area (TPSA) is 78.6 Å². The van der Waals surface area contributed by atoms with Gasteiger partial charge in [-0.1, -0.05) is 17.4 Å². The predicted molar refractivity (Wildman–Crippen MR) is 103 cm³/mol. The fraction of sp³-hybridized carbons (Fsp3) is 0.158. The third-order valence-electron chi connectivity index (χ3n) is 3.89. The molecule has 3 aromatic heterocycles. The van der Waals surface area contributed by atoms with E-state index < -0.39 is 0 Å². The minimum Gasteiger partial charge on any atom is -0.493 e. The van der Waals surface area contributed by atoms with Crippen LogP contribution in [0.15, 0.2) is 47.5 Å². The summed E-state index contributed by atoms with van der Waals surface area (Å²) in [5, 5.41) is 4.32. The van der Waals surface area contributed by atoms with Crippen molar-refractivity contribution in [3.8, 4) is 22.9 Å². The predicted octanol–water partition coefficient (Wildman–Crippen LogP) is 2.17. The van der Waals surface area contributed by atoms with Gasteiger partial charge in [-0.3, -0.25) is 9.78 Å². The van der Waals surface area contributed by atoms with Crippen molar-refractivity contribution in [2.45, 2.75) is 6.92 Å². The lowest BCUT2D eigenvalue weighted by Crippen LogP contribution is -2.23. The number of benzene rings is 1. The number of hydrogen-bond donors (Lipinski definition) is 0. The Morgan fingerprint density at radius 2 is 2.15 bits per heavy atom. The van der Waals surface area contributed by atoms with Gasteiger partial charge in [-0.15, -0.1) is 5.10 Å². The highest BCUT2D eigenvalue weighted by molar-refractivity contribution is 7.15. The van der Waals surface area contributed by atoms with Crippen molar-refractivity contribution in [3.05, 3.63) is 63.2 Å². The van der Waals surface area contributed by atoms with Crippen LogP contribution in [0.25, 0.3) is 22.4 Å². The summed E-state index contributed by atoms with van der Waals surface area (Å²) in [5.74, 6) is 1.78. The van der Waals surface area contributed by atoms with Gasteiger partial charge in [0.1, 0.15) is 0 Å². The normalized spacial score (nSPS) is 11.9. The number of rotatable bonds is 5. The Labute approximate surface area is 158 Å². The highest BCUT2D eigenvalue weighted by Gasteiger charge is 2.12. The molecule has 0 saturated carbocycles. The fourth-order valence-corrected chi connectivity index (χ4v) is 3.56. The molecule has 8 heteroatoms.